The summed E-state index contributed by atoms with van der Waals surface area (Å²) in [6.07, 6.45) is 0. The lowest BCUT2D eigenvalue weighted by Crippen LogP contribution is -2.44. The van der Waals surface area contributed by atoms with Gasteiger partial charge in [-0.2, -0.15) is 0 Å². The molecule has 1 aliphatic heterocycles. The van der Waals surface area contributed by atoms with Crippen LogP contribution in [0.4, 0.5) is 14.5 Å². The molecule has 1 saturated heterocycles. The first kappa shape index (κ1) is 19.0. The van der Waals surface area contributed by atoms with Crippen LogP contribution in [0.3, 0.4) is 0 Å². The quantitative estimate of drug-likeness (QED) is 0.440. The van der Waals surface area contributed by atoms with Crippen LogP contribution in [0, 0.1) is 11.6 Å². The minimum Gasteiger partial charge on any atom is -0.379 e. The number of hydrogen-bond acceptors (Lipinski definition) is 3. The molecule has 0 radical (unpaired) electrons. The fourth-order valence-corrected chi connectivity index (χ4v) is 2.16. The van der Waals surface area contributed by atoms with Crippen molar-refractivity contribution in [2.45, 2.75) is 13.0 Å². The average molecular weight is 426 g/mol. The van der Waals surface area contributed by atoms with Crippen LogP contribution < -0.4 is 11.1 Å². The van der Waals surface area contributed by atoms with Gasteiger partial charge in [0.05, 0.1) is 25.4 Å². The van der Waals surface area contributed by atoms with E-state index < -0.39 is 11.6 Å². The number of morpholine rings is 1. The van der Waals surface area contributed by atoms with Crippen molar-refractivity contribution in [3.8, 4) is 0 Å². The number of nitrogens with one attached hydrogen (secondary N) is 1. The van der Waals surface area contributed by atoms with Gasteiger partial charge in [-0.15, -0.1) is 24.0 Å². The molecule has 2 rings (SSSR count). The molecule has 124 valence electrons. The monoisotopic (exact) mass is 426 g/mol. The summed E-state index contributed by atoms with van der Waals surface area (Å²) in [6.45, 7) is 5.62. The van der Waals surface area contributed by atoms with Crippen LogP contribution in [0.25, 0.3) is 0 Å². The van der Waals surface area contributed by atoms with Crippen LogP contribution in [0.5, 0.6) is 0 Å². The van der Waals surface area contributed by atoms with E-state index in [9.17, 15) is 8.78 Å². The molecule has 22 heavy (non-hydrogen) atoms. The average Bonchev–Trinajstić information content (AvgIpc) is 2.45. The summed E-state index contributed by atoms with van der Waals surface area (Å²) in [6, 6.07) is 3.49. The van der Waals surface area contributed by atoms with Crippen molar-refractivity contribution in [2.75, 3.05) is 38.2 Å². The Labute approximate surface area is 145 Å². The molecule has 1 heterocycles. The maximum Gasteiger partial charge on any atom is 0.193 e. The predicted molar refractivity (Wildman–Crippen MR) is 93.7 cm³/mol. The fraction of sp³-hybridized carbons (Fsp3) is 0.500. The standard InChI is InChI=1S/C14H20F2N4O.HI/c1-10-9-21-7-6-20(10)5-4-18-14(17)19-13-8-11(15)2-3-12(13)16;/h2-3,8,10H,4-7,9H2,1H3,(H3,17,18,19);1H. The van der Waals surface area contributed by atoms with Crippen molar-refractivity contribution in [3.63, 3.8) is 0 Å². The highest BCUT2D eigenvalue weighted by molar-refractivity contribution is 14.0. The van der Waals surface area contributed by atoms with E-state index in [1.54, 1.807) is 0 Å². The van der Waals surface area contributed by atoms with Crippen LogP contribution in [0.2, 0.25) is 0 Å². The molecule has 1 aromatic carbocycles. The zero-order valence-electron chi connectivity index (χ0n) is 12.4. The van der Waals surface area contributed by atoms with Crippen LogP contribution >= 0.6 is 24.0 Å². The number of rotatable bonds is 4. The number of anilines is 1. The highest BCUT2D eigenvalue weighted by Crippen LogP contribution is 2.14. The maximum atomic E-state index is 13.4. The van der Waals surface area contributed by atoms with Gasteiger partial charge in [-0.25, -0.2) is 8.78 Å². The van der Waals surface area contributed by atoms with Crippen molar-refractivity contribution in [1.29, 1.82) is 0 Å². The SMILES string of the molecule is CC1COCCN1CCN=C(N)Nc1cc(F)ccc1F.I. The van der Waals surface area contributed by atoms with E-state index in [0.29, 0.717) is 19.2 Å². The van der Waals surface area contributed by atoms with Gasteiger partial charge in [0, 0.05) is 25.2 Å². The van der Waals surface area contributed by atoms with Crippen LogP contribution in [-0.4, -0.2) is 49.7 Å². The number of ether oxygens (including phenoxy) is 1. The zero-order valence-corrected chi connectivity index (χ0v) is 14.7. The predicted octanol–water partition coefficient (Wildman–Crippen LogP) is 2.03. The van der Waals surface area contributed by atoms with E-state index in [1.807, 2.05) is 0 Å². The molecule has 0 spiro atoms. The summed E-state index contributed by atoms with van der Waals surface area (Å²) in [5.41, 5.74) is 5.66. The fourth-order valence-electron chi connectivity index (χ4n) is 2.16. The topological polar surface area (TPSA) is 62.9 Å². The zero-order chi connectivity index (χ0) is 15.2. The molecule has 1 fully saturated rings. The summed E-state index contributed by atoms with van der Waals surface area (Å²) < 4.78 is 31.8. The first-order valence-corrected chi connectivity index (χ1v) is 6.90. The van der Waals surface area contributed by atoms with Crippen molar-refractivity contribution < 1.29 is 13.5 Å². The Morgan fingerprint density at radius 2 is 2.27 bits per heavy atom. The second kappa shape index (κ2) is 9.21. The second-order valence-electron chi connectivity index (χ2n) is 4.98. The third-order valence-corrected chi connectivity index (χ3v) is 3.37. The number of nitrogens with zero attached hydrogens (tertiary/aromatic N) is 2. The molecule has 1 aromatic rings. The Morgan fingerprint density at radius 3 is 3.00 bits per heavy atom. The Balaban J connectivity index is 0.00000242. The third kappa shape index (κ3) is 5.65. The molecule has 0 aromatic heterocycles. The minimum absolute atomic E-state index is 0. The number of guanidine groups is 1. The van der Waals surface area contributed by atoms with Gasteiger partial charge < -0.3 is 15.8 Å². The molecule has 3 N–H and O–H groups in total. The minimum atomic E-state index is -0.573. The lowest BCUT2D eigenvalue weighted by atomic mass is 10.2. The van der Waals surface area contributed by atoms with Gasteiger partial charge >= 0.3 is 0 Å². The molecule has 0 amide bonds. The number of nitrogens with two attached hydrogens (primary N) is 1. The second-order valence-corrected chi connectivity index (χ2v) is 4.98. The number of halogens is 3. The first-order chi connectivity index (χ1) is 10.1. The summed E-state index contributed by atoms with van der Waals surface area (Å²) in [4.78, 5) is 6.38. The van der Waals surface area contributed by atoms with E-state index in [-0.39, 0.29) is 35.6 Å². The smallest absolute Gasteiger partial charge is 0.193 e. The van der Waals surface area contributed by atoms with Gasteiger partial charge in [-0.05, 0) is 19.1 Å². The van der Waals surface area contributed by atoms with Crippen LogP contribution in [0.15, 0.2) is 23.2 Å². The van der Waals surface area contributed by atoms with Crippen molar-refractivity contribution in [2.24, 2.45) is 10.7 Å². The number of aliphatic imine (C=N–C) groups is 1. The third-order valence-electron chi connectivity index (χ3n) is 3.37. The van der Waals surface area contributed by atoms with Gasteiger partial charge in [0.15, 0.2) is 5.96 Å². The maximum absolute atomic E-state index is 13.4. The van der Waals surface area contributed by atoms with Crippen molar-refractivity contribution >= 4 is 35.6 Å². The van der Waals surface area contributed by atoms with Crippen molar-refractivity contribution in [3.05, 3.63) is 29.8 Å². The van der Waals surface area contributed by atoms with Crippen molar-refractivity contribution in [1.82, 2.24) is 4.90 Å². The lowest BCUT2D eigenvalue weighted by Gasteiger charge is -2.32. The van der Waals surface area contributed by atoms with Gasteiger partial charge in [-0.1, -0.05) is 0 Å². The van der Waals surface area contributed by atoms with E-state index in [2.05, 4.69) is 22.1 Å². The molecule has 1 unspecified atom stereocenters. The summed E-state index contributed by atoms with van der Waals surface area (Å²) in [5, 5.41) is 2.57. The van der Waals surface area contributed by atoms with Gasteiger partial charge in [0.2, 0.25) is 0 Å². The van der Waals surface area contributed by atoms with Gasteiger partial charge in [0.1, 0.15) is 11.6 Å². The van der Waals surface area contributed by atoms with Gasteiger partial charge in [-0.3, -0.25) is 9.89 Å². The Kier molecular flexibility index (Phi) is 7.97. The van der Waals surface area contributed by atoms with Gasteiger partial charge in [0.25, 0.3) is 0 Å². The summed E-state index contributed by atoms with van der Waals surface area (Å²) >= 11 is 0. The van der Waals surface area contributed by atoms with E-state index in [1.165, 1.54) is 0 Å². The first-order valence-electron chi connectivity index (χ1n) is 6.90. The van der Waals surface area contributed by atoms with Crippen LogP contribution in [-0.2, 0) is 4.74 Å². The van der Waals surface area contributed by atoms with E-state index in [0.717, 1.165) is 37.9 Å². The molecule has 8 heteroatoms. The highest BCUT2D eigenvalue weighted by Gasteiger charge is 2.17. The van der Waals surface area contributed by atoms with Crippen LogP contribution in [0.1, 0.15) is 6.92 Å². The molecule has 0 bridgehead atoms. The molecular formula is C14H21F2IN4O. The largest absolute Gasteiger partial charge is 0.379 e. The highest BCUT2D eigenvalue weighted by atomic mass is 127. The Bertz CT molecular complexity index is 516. The molecule has 1 aliphatic rings. The normalized spacial score (nSPS) is 19.6. The summed E-state index contributed by atoms with van der Waals surface area (Å²) in [7, 11) is 0. The number of hydrogen-bond donors (Lipinski definition) is 2. The Morgan fingerprint density at radius 1 is 1.50 bits per heavy atom. The molecule has 1 atom stereocenters. The lowest BCUT2D eigenvalue weighted by molar-refractivity contribution is 0.00142. The number of benzene rings is 1. The summed E-state index contributed by atoms with van der Waals surface area (Å²) in [5.74, 6) is -1.04. The molecular weight excluding hydrogens is 405 g/mol. The molecule has 5 nitrogen and oxygen atoms in total. The Hall–Kier alpha value is -1.00. The van der Waals surface area contributed by atoms with E-state index >= 15 is 0 Å². The van der Waals surface area contributed by atoms with E-state index in [4.69, 9.17) is 10.5 Å². The molecule has 0 aliphatic carbocycles. The molecule has 0 saturated carbocycles.